The summed E-state index contributed by atoms with van der Waals surface area (Å²) in [6, 6.07) is 8.46. The van der Waals surface area contributed by atoms with Crippen LogP contribution in [0, 0.1) is 0 Å². The largest absolute Gasteiger partial charge is 0.363 e. The van der Waals surface area contributed by atoms with E-state index >= 15 is 0 Å². The summed E-state index contributed by atoms with van der Waals surface area (Å²) in [6.07, 6.45) is 0. The molecule has 0 saturated carbocycles. The lowest BCUT2D eigenvalue weighted by atomic mass is 9.95. The Morgan fingerprint density at radius 2 is 2.17 bits per heavy atom. The number of nitrogens with two attached hydrogens (primary N) is 1. The van der Waals surface area contributed by atoms with Gasteiger partial charge in [-0.25, -0.2) is 0 Å². The van der Waals surface area contributed by atoms with Crippen LogP contribution in [-0.4, -0.2) is 43.2 Å². The van der Waals surface area contributed by atoms with Crippen LogP contribution in [0.1, 0.15) is 13.8 Å². The van der Waals surface area contributed by atoms with Gasteiger partial charge in [-0.15, -0.1) is 0 Å². The molecule has 0 aliphatic carbocycles. The zero-order valence-electron chi connectivity index (χ0n) is 11.4. The van der Waals surface area contributed by atoms with Crippen LogP contribution in [0.5, 0.6) is 0 Å². The van der Waals surface area contributed by atoms with E-state index < -0.39 is 0 Å². The molecule has 1 unspecified atom stereocenters. The number of hydrogen-bond donors (Lipinski definition) is 1. The van der Waals surface area contributed by atoms with Gasteiger partial charge in [-0.05, 0) is 39.1 Å². The summed E-state index contributed by atoms with van der Waals surface area (Å²) < 4.78 is 0. The molecular weight excluding hydrogens is 246 g/mol. The number of rotatable bonds is 2. The summed E-state index contributed by atoms with van der Waals surface area (Å²) in [5.41, 5.74) is 7.13. The predicted molar refractivity (Wildman–Crippen MR) is 78.3 cm³/mol. The topological polar surface area (TPSA) is 32.5 Å². The second kappa shape index (κ2) is 5.08. The second-order valence-electron chi connectivity index (χ2n) is 5.71. The van der Waals surface area contributed by atoms with Crippen molar-refractivity contribution < 1.29 is 0 Å². The van der Waals surface area contributed by atoms with Crippen LogP contribution in [0.15, 0.2) is 24.3 Å². The second-order valence-corrected chi connectivity index (χ2v) is 6.14. The maximum Gasteiger partial charge on any atom is 0.0473 e. The monoisotopic (exact) mass is 267 g/mol. The van der Waals surface area contributed by atoms with Gasteiger partial charge in [-0.2, -0.15) is 0 Å². The molecule has 1 fully saturated rings. The van der Waals surface area contributed by atoms with E-state index in [1.807, 2.05) is 18.2 Å². The first-order valence-electron chi connectivity index (χ1n) is 6.37. The van der Waals surface area contributed by atoms with E-state index in [0.717, 1.165) is 18.1 Å². The van der Waals surface area contributed by atoms with Gasteiger partial charge in [0.1, 0.15) is 0 Å². The van der Waals surface area contributed by atoms with Gasteiger partial charge in [0.05, 0.1) is 0 Å². The summed E-state index contributed by atoms with van der Waals surface area (Å²) in [5.74, 6) is 0. The fourth-order valence-corrected chi connectivity index (χ4v) is 2.96. The molecule has 2 rings (SSSR count). The molecule has 2 N–H and O–H groups in total. The summed E-state index contributed by atoms with van der Waals surface area (Å²) >= 11 is 6.09. The van der Waals surface area contributed by atoms with Gasteiger partial charge >= 0.3 is 0 Å². The minimum absolute atomic E-state index is 0.0884. The third-order valence-corrected chi connectivity index (χ3v) is 4.01. The highest BCUT2D eigenvalue weighted by molar-refractivity contribution is 6.30. The van der Waals surface area contributed by atoms with Crippen molar-refractivity contribution in [2.45, 2.75) is 25.4 Å². The van der Waals surface area contributed by atoms with E-state index in [2.05, 4.69) is 36.8 Å². The SMILES string of the molecule is CN1CC(C)(C)N(c2cccc(Cl)c2)CC1CN. The van der Waals surface area contributed by atoms with Crippen LogP contribution in [0.4, 0.5) is 5.69 Å². The van der Waals surface area contributed by atoms with Gasteiger partial charge in [-0.3, -0.25) is 4.90 Å². The number of nitrogens with zero attached hydrogens (tertiary/aromatic N) is 2. The first-order chi connectivity index (χ1) is 8.44. The van der Waals surface area contributed by atoms with Crippen molar-refractivity contribution in [3.05, 3.63) is 29.3 Å². The molecule has 1 aromatic rings. The molecule has 0 radical (unpaired) electrons. The van der Waals surface area contributed by atoms with Crippen LogP contribution in [0.25, 0.3) is 0 Å². The molecule has 1 saturated heterocycles. The van der Waals surface area contributed by atoms with Crippen LogP contribution in [-0.2, 0) is 0 Å². The average Bonchev–Trinajstić information content (AvgIpc) is 2.28. The van der Waals surface area contributed by atoms with Crippen molar-refractivity contribution in [2.24, 2.45) is 5.73 Å². The van der Waals surface area contributed by atoms with E-state index in [1.54, 1.807) is 0 Å². The lowest BCUT2D eigenvalue weighted by molar-refractivity contribution is 0.155. The van der Waals surface area contributed by atoms with Crippen LogP contribution in [0.2, 0.25) is 5.02 Å². The lowest BCUT2D eigenvalue weighted by Crippen LogP contribution is -2.64. The van der Waals surface area contributed by atoms with Crippen LogP contribution < -0.4 is 10.6 Å². The van der Waals surface area contributed by atoms with E-state index in [4.69, 9.17) is 17.3 Å². The van der Waals surface area contributed by atoms with Gasteiger partial charge in [0.15, 0.2) is 0 Å². The van der Waals surface area contributed by atoms with E-state index in [9.17, 15) is 0 Å². The van der Waals surface area contributed by atoms with Gasteiger partial charge in [0.2, 0.25) is 0 Å². The third-order valence-electron chi connectivity index (χ3n) is 3.78. The normalized spacial score (nSPS) is 24.3. The summed E-state index contributed by atoms with van der Waals surface area (Å²) in [6.45, 7) is 7.15. The molecule has 18 heavy (non-hydrogen) atoms. The quantitative estimate of drug-likeness (QED) is 0.892. The van der Waals surface area contributed by atoms with Gasteiger partial charge in [0.25, 0.3) is 0 Å². The fraction of sp³-hybridized carbons (Fsp3) is 0.571. The molecule has 100 valence electrons. The predicted octanol–water partition coefficient (Wildman–Crippen LogP) is 2.20. The number of piperazine rings is 1. The Morgan fingerprint density at radius 1 is 1.44 bits per heavy atom. The van der Waals surface area contributed by atoms with Crippen LogP contribution >= 0.6 is 11.6 Å². The van der Waals surface area contributed by atoms with E-state index in [0.29, 0.717) is 12.6 Å². The van der Waals surface area contributed by atoms with Gasteiger partial charge in [-0.1, -0.05) is 17.7 Å². The van der Waals surface area contributed by atoms with E-state index in [-0.39, 0.29) is 5.54 Å². The minimum atomic E-state index is 0.0884. The first kappa shape index (κ1) is 13.7. The number of likely N-dealkylation sites (N-methyl/N-ethyl adjacent to an activating group) is 1. The fourth-order valence-electron chi connectivity index (χ4n) is 2.78. The standard InChI is InChI=1S/C14H22ClN3/c1-14(2)10-17(3)13(8-16)9-18(14)12-6-4-5-11(15)7-12/h4-7,13H,8-10,16H2,1-3H3. The molecule has 4 heteroatoms. The summed E-state index contributed by atoms with van der Waals surface area (Å²) in [7, 11) is 2.15. The molecule has 3 nitrogen and oxygen atoms in total. The summed E-state index contributed by atoms with van der Waals surface area (Å²) in [4.78, 5) is 4.76. The Bertz CT molecular complexity index is 419. The lowest BCUT2D eigenvalue weighted by Gasteiger charge is -2.51. The van der Waals surface area contributed by atoms with Crippen molar-refractivity contribution in [3.63, 3.8) is 0 Å². The van der Waals surface area contributed by atoms with E-state index in [1.165, 1.54) is 5.69 Å². The highest BCUT2D eigenvalue weighted by Crippen LogP contribution is 2.30. The number of benzene rings is 1. The Balaban J connectivity index is 2.30. The molecule has 0 spiro atoms. The maximum atomic E-state index is 6.09. The molecule has 0 amide bonds. The van der Waals surface area contributed by atoms with Crippen molar-refractivity contribution in [3.8, 4) is 0 Å². The Morgan fingerprint density at radius 3 is 2.78 bits per heavy atom. The van der Waals surface area contributed by atoms with Gasteiger partial charge < -0.3 is 10.6 Å². The molecule has 1 aliphatic rings. The zero-order valence-corrected chi connectivity index (χ0v) is 12.1. The van der Waals surface area contributed by atoms with Crippen molar-refractivity contribution in [1.29, 1.82) is 0 Å². The number of anilines is 1. The zero-order chi connectivity index (χ0) is 13.3. The molecule has 0 aromatic heterocycles. The Kier molecular flexibility index (Phi) is 3.85. The smallest absolute Gasteiger partial charge is 0.0473 e. The Hall–Kier alpha value is -0.770. The number of halogens is 1. The maximum absolute atomic E-state index is 6.09. The van der Waals surface area contributed by atoms with Crippen molar-refractivity contribution in [2.75, 3.05) is 31.6 Å². The molecule has 1 atom stereocenters. The average molecular weight is 268 g/mol. The molecule has 1 heterocycles. The molecule has 1 aliphatic heterocycles. The first-order valence-corrected chi connectivity index (χ1v) is 6.75. The van der Waals surface area contributed by atoms with Crippen molar-refractivity contribution >= 4 is 17.3 Å². The molecule has 0 bridgehead atoms. The van der Waals surface area contributed by atoms with Crippen LogP contribution in [0.3, 0.4) is 0 Å². The highest BCUT2D eigenvalue weighted by Gasteiger charge is 2.36. The van der Waals surface area contributed by atoms with Gasteiger partial charge in [0, 0.05) is 41.9 Å². The van der Waals surface area contributed by atoms with Crippen molar-refractivity contribution in [1.82, 2.24) is 4.90 Å². The minimum Gasteiger partial charge on any atom is -0.363 e. The molecule has 1 aromatic carbocycles. The number of hydrogen-bond acceptors (Lipinski definition) is 3. The highest BCUT2D eigenvalue weighted by atomic mass is 35.5. The third kappa shape index (κ3) is 2.63. The molecular formula is C14H22ClN3. The summed E-state index contributed by atoms with van der Waals surface area (Å²) in [5, 5.41) is 0.784. The Labute approximate surface area is 115 Å².